The Bertz CT molecular complexity index is 1010. The predicted molar refractivity (Wildman–Crippen MR) is 123 cm³/mol. The molecule has 1 N–H and O–H groups in total. The molecule has 0 bridgehead atoms. The summed E-state index contributed by atoms with van der Waals surface area (Å²) in [7, 11) is 4.02. The van der Waals surface area contributed by atoms with E-state index in [4.69, 9.17) is 0 Å². The summed E-state index contributed by atoms with van der Waals surface area (Å²) in [6.07, 6.45) is 0. The molecule has 0 spiro atoms. The van der Waals surface area contributed by atoms with Crippen LogP contribution in [0.1, 0.15) is 57.3 Å². The maximum Gasteiger partial charge on any atom is 0.248 e. The lowest BCUT2D eigenvalue weighted by Gasteiger charge is -2.34. The summed E-state index contributed by atoms with van der Waals surface area (Å²) < 4.78 is 0. The van der Waals surface area contributed by atoms with Crippen LogP contribution < -0.4 is 10.4 Å². The Labute approximate surface area is 190 Å². The standard InChI is InChI=1S/C24H31N7O/c1-23(2,3)16-31(21-12-19(13-25)27-20(14-26)28-21)29-22(32)24(4,5)18-10-8-17(9-11-18)15-30(6)7/h8-12H,15-16H2,1-7H3,(H,29,32). The SMILES string of the molecule is CN(C)Cc1ccc(C(C)(C)C(=O)NN(CC(C)(C)C)c2cc(C#N)nc(C#N)n2)cc1. The number of aromatic nitrogens is 2. The van der Waals surface area contributed by atoms with Crippen molar-refractivity contribution in [1.82, 2.24) is 20.3 Å². The highest BCUT2D eigenvalue weighted by Gasteiger charge is 2.32. The molecule has 0 aliphatic rings. The van der Waals surface area contributed by atoms with Crippen LogP contribution >= 0.6 is 0 Å². The van der Waals surface area contributed by atoms with E-state index >= 15 is 0 Å². The minimum atomic E-state index is -0.823. The number of hydrogen-bond acceptors (Lipinski definition) is 7. The van der Waals surface area contributed by atoms with Gasteiger partial charge in [-0.2, -0.15) is 15.5 Å². The molecule has 2 rings (SSSR count). The van der Waals surface area contributed by atoms with Crippen LogP contribution in [-0.2, 0) is 16.8 Å². The van der Waals surface area contributed by atoms with Crippen LogP contribution in [0.4, 0.5) is 5.82 Å². The van der Waals surface area contributed by atoms with E-state index in [1.807, 2.05) is 85.1 Å². The predicted octanol–water partition coefficient (Wildman–Crippen LogP) is 3.14. The van der Waals surface area contributed by atoms with Gasteiger partial charge in [0.1, 0.15) is 17.8 Å². The molecule has 8 nitrogen and oxygen atoms in total. The Morgan fingerprint density at radius 2 is 1.66 bits per heavy atom. The molecule has 0 saturated heterocycles. The van der Waals surface area contributed by atoms with Gasteiger partial charge in [-0.3, -0.25) is 15.2 Å². The topological polar surface area (TPSA) is 109 Å². The molecule has 0 fully saturated rings. The van der Waals surface area contributed by atoms with E-state index in [2.05, 4.69) is 20.3 Å². The Hall–Kier alpha value is -3.49. The number of nitriles is 2. The number of anilines is 1. The second-order valence-electron chi connectivity index (χ2n) is 9.81. The summed E-state index contributed by atoms with van der Waals surface area (Å²) in [4.78, 5) is 23.6. The van der Waals surface area contributed by atoms with E-state index in [1.54, 1.807) is 5.01 Å². The van der Waals surface area contributed by atoms with Gasteiger partial charge in [0.2, 0.25) is 11.7 Å². The van der Waals surface area contributed by atoms with Crippen LogP contribution in [0.15, 0.2) is 30.3 Å². The van der Waals surface area contributed by atoms with Crippen molar-refractivity contribution >= 4 is 11.7 Å². The molecule has 0 radical (unpaired) electrons. The summed E-state index contributed by atoms with van der Waals surface area (Å²) in [5.41, 5.74) is 4.04. The van der Waals surface area contributed by atoms with Crippen molar-refractivity contribution in [3.05, 3.63) is 53.0 Å². The average molecular weight is 434 g/mol. The van der Waals surface area contributed by atoms with Gasteiger partial charge in [-0.05, 0) is 44.5 Å². The van der Waals surface area contributed by atoms with Crippen molar-refractivity contribution in [2.45, 2.75) is 46.6 Å². The van der Waals surface area contributed by atoms with Crippen molar-refractivity contribution < 1.29 is 4.79 Å². The summed E-state index contributed by atoms with van der Waals surface area (Å²) in [6, 6.07) is 13.3. The molecule has 168 valence electrons. The molecular weight excluding hydrogens is 402 g/mol. The molecule has 2 aromatic rings. The number of carbonyl (C=O) groups is 1. The maximum absolute atomic E-state index is 13.4. The Morgan fingerprint density at radius 3 is 2.16 bits per heavy atom. The number of hydrogen-bond donors (Lipinski definition) is 1. The number of carbonyl (C=O) groups excluding carboxylic acids is 1. The first-order chi connectivity index (χ1) is 14.9. The summed E-state index contributed by atoms with van der Waals surface area (Å²) >= 11 is 0. The van der Waals surface area contributed by atoms with E-state index in [0.717, 1.165) is 12.1 Å². The lowest BCUT2D eigenvalue weighted by atomic mass is 9.83. The Balaban J connectivity index is 2.36. The van der Waals surface area contributed by atoms with E-state index in [0.29, 0.717) is 12.4 Å². The molecule has 0 aliphatic carbocycles. The molecule has 0 saturated carbocycles. The van der Waals surface area contributed by atoms with Crippen LogP contribution in [0.5, 0.6) is 0 Å². The molecule has 1 aromatic carbocycles. The average Bonchev–Trinajstić information content (AvgIpc) is 2.71. The lowest BCUT2D eigenvalue weighted by molar-refractivity contribution is -0.125. The number of amides is 1. The van der Waals surface area contributed by atoms with E-state index < -0.39 is 5.41 Å². The van der Waals surface area contributed by atoms with E-state index in [1.165, 1.54) is 11.6 Å². The monoisotopic (exact) mass is 433 g/mol. The number of nitrogens with one attached hydrogen (secondary N) is 1. The normalized spacial score (nSPS) is 11.6. The number of benzene rings is 1. The Kier molecular flexibility index (Phi) is 7.56. The molecule has 1 amide bonds. The van der Waals surface area contributed by atoms with Crippen molar-refractivity contribution in [2.75, 3.05) is 25.6 Å². The van der Waals surface area contributed by atoms with Gasteiger partial charge in [-0.1, -0.05) is 45.0 Å². The third-order valence-electron chi connectivity index (χ3n) is 4.81. The van der Waals surface area contributed by atoms with Gasteiger partial charge in [0.15, 0.2) is 5.82 Å². The first-order valence-corrected chi connectivity index (χ1v) is 10.4. The van der Waals surface area contributed by atoms with E-state index in [-0.39, 0.29) is 22.8 Å². The highest BCUT2D eigenvalue weighted by Crippen LogP contribution is 2.26. The van der Waals surface area contributed by atoms with Crippen molar-refractivity contribution in [3.63, 3.8) is 0 Å². The second kappa shape index (κ2) is 9.76. The molecule has 0 aliphatic heterocycles. The molecule has 32 heavy (non-hydrogen) atoms. The fourth-order valence-corrected chi connectivity index (χ4v) is 3.12. The van der Waals surface area contributed by atoms with E-state index in [9.17, 15) is 15.3 Å². The summed E-state index contributed by atoms with van der Waals surface area (Å²) in [5, 5.41) is 20.1. The summed E-state index contributed by atoms with van der Waals surface area (Å²) in [6.45, 7) is 11.0. The van der Waals surface area contributed by atoms with Crippen molar-refractivity contribution in [2.24, 2.45) is 5.41 Å². The zero-order chi connectivity index (χ0) is 24.1. The number of nitrogens with zero attached hydrogens (tertiary/aromatic N) is 6. The highest BCUT2D eigenvalue weighted by atomic mass is 16.2. The van der Waals surface area contributed by atoms with Crippen LogP contribution in [0.2, 0.25) is 0 Å². The van der Waals surface area contributed by atoms with Gasteiger partial charge >= 0.3 is 0 Å². The molecule has 8 heteroatoms. The van der Waals surface area contributed by atoms with Gasteiger partial charge in [0, 0.05) is 19.2 Å². The summed E-state index contributed by atoms with van der Waals surface area (Å²) in [5.74, 6) is -0.0470. The van der Waals surface area contributed by atoms with Gasteiger partial charge in [-0.25, -0.2) is 4.98 Å². The van der Waals surface area contributed by atoms with Crippen LogP contribution in [0, 0.1) is 28.1 Å². The third-order valence-corrected chi connectivity index (χ3v) is 4.81. The fraction of sp³-hybridized carbons (Fsp3) is 0.458. The van der Waals surface area contributed by atoms with Gasteiger partial charge in [-0.15, -0.1) is 0 Å². The van der Waals surface area contributed by atoms with Crippen LogP contribution in [0.3, 0.4) is 0 Å². The van der Waals surface area contributed by atoms with Crippen molar-refractivity contribution in [3.8, 4) is 12.1 Å². The second-order valence-corrected chi connectivity index (χ2v) is 9.81. The smallest absolute Gasteiger partial charge is 0.248 e. The van der Waals surface area contributed by atoms with Crippen LogP contribution in [-0.4, -0.2) is 41.4 Å². The maximum atomic E-state index is 13.4. The van der Waals surface area contributed by atoms with Gasteiger partial charge in [0.05, 0.1) is 5.41 Å². The van der Waals surface area contributed by atoms with Gasteiger partial charge in [0.25, 0.3) is 0 Å². The molecular formula is C24H31N7O. The zero-order valence-electron chi connectivity index (χ0n) is 19.9. The first-order valence-electron chi connectivity index (χ1n) is 10.4. The quantitative estimate of drug-likeness (QED) is 0.668. The zero-order valence-corrected chi connectivity index (χ0v) is 19.9. The first kappa shape index (κ1) is 24.8. The Morgan fingerprint density at radius 1 is 1.03 bits per heavy atom. The number of rotatable bonds is 7. The molecule has 0 unspecified atom stereocenters. The fourth-order valence-electron chi connectivity index (χ4n) is 3.12. The number of hydrazine groups is 1. The van der Waals surface area contributed by atoms with Gasteiger partial charge < -0.3 is 4.90 Å². The molecule has 1 aromatic heterocycles. The molecule has 0 atom stereocenters. The van der Waals surface area contributed by atoms with Crippen LogP contribution in [0.25, 0.3) is 0 Å². The third kappa shape index (κ3) is 6.50. The minimum absolute atomic E-state index is 0.0652. The minimum Gasteiger partial charge on any atom is -0.305 e. The lowest BCUT2D eigenvalue weighted by Crippen LogP contribution is -2.52. The van der Waals surface area contributed by atoms with Crippen molar-refractivity contribution in [1.29, 1.82) is 10.5 Å². The largest absolute Gasteiger partial charge is 0.305 e. The highest BCUT2D eigenvalue weighted by molar-refractivity contribution is 5.88. The molecule has 1 heterocycles.